The second kappa shape index (κ2) is 7.04. The molecule has 1 heterocycles. The molecule has 3 heteroatoms. The van der Waals surface area contributed by atoms with Gasteiger partial charge in [-0.3, -0.25) is 0 Å². The van der Waals surface area contributed by atoms with E-state index in [0.717, 1.165) is 37.6 Å². The maximum Gasteiger partial charge on any atom is 0.161 e. The molecule has 2 unspecified atom stereocenters. The Balaban J connectivity index is 2.02. The maximum atomic E-state index is 5.78. The molecule has 0 fully saturated rings. The summed E-state index contributed by atoms with van der Waals surface area (Å²) in [4.78, 5) is 0.368. The first kappa shape index (κ1) is 16.7. The predicted molar refractivity (Wildman–Crippen MR) is 91.6 cm³/mol. The van der Waals surface area contributed by atoms with Crippen LogP contribution in [0.3, 0.4) is 0 Å². The van der Waals surface area contributed by atoms with Crippen molar-refractivity contribution in [3.63, 3.8) is 0 Å². The van der Waals surface area contributed by atoms with Crippen molar-refractivity contribution >= 4 is 15.9 Å². The summed E-state index contributed by atoms with van der Waals surface area (Å²) in [7, 11) is 0. The third-order valence-corrected chi connectivity index (χ3v) is 4.61. The van der Waals surface area contributed by atoms with Crippen molar-refractivity contribution < 1.29 is 9.47 Å². The van der Waals surface area contributed by atoms with Crippen LogP contribution in [0.5, 0.6) is 11.5 Å². The van der Waals surface area contributed by atoms with Gasteiger partial charge in [0.15, 0.2) is 11.5 Å². The molecule has 0 radical (unpaired) electrons. The van der Waals surface area contributed by atoms with E-state index < -0.39 is 0 Å². The van der Waals surface area contributed by atoms with Crippen LogP contribution in [0.1, 0.15) is 57.3 Å². The highest BCUT2D eigenvalue weighted by Crippen LogP contribution is 2.38. The molecule has 1 aromatic rings. The number of hydrogen-bond donors (Lipinski definition) is 0. The van der Waals surface area contributed by atoms with E-state index in [1.54, 1.807) is 0 Å². The number of benzene rings is 1. The normalized spacial score (nSPS) is 18.0. The van der Waals surface area contributed by atoms with Gasteiger partial charge in [0.2, 0.25) is 0 Å². The van der Waals surface area contributed by atoms with Crippen LogP contribution >= 0.6 is 15.9 Å². The van der Waals surface area contributed by atoms with Gasteiger partial charge in [-0.05, 0) is 41.9 Å². The van der Waals surface area contributed by atoms with E-state index in [9.17, 15) is 0 Å². The first-order valence-corrected chi connectivity index (χ1v) is 8.80. The van der Waals surface area contributed by atoms with Crippen LogP contribution < -0.4 is 9.47 Å². The van der Waals surface area contributed by atoms with Crippen molar-refractivity contribution in [1.82, 2.24) is 0 Å². The zero-order valence-electron chi connectivity index (χ0n) is 13.6. The lowest BCUT2D eigenvalue weighted by Gasteiger charge is -2.25. The predicted octanol–water partition coefficient (Wildman–Crippen LogP) is 5.75. The molecule has 2 atom stereocenters. The summed E-state index contributed by atoms with van der Waals surface area (Å²) in [5.74, 6) is 2.45. The van der Waals surface area contributed by atoms with Crippen LogP contribution in [-0.2, 0) is 0 Å². The lowest BCUT2D eigenvalue weighted by Crippen LogP contribution is -2.12. The summed E-state index contributed by atoms with van der Waals surface area (Å²) in [5, 5.41) is 0. The Morgan fingerprint density at radius 3 is 2.48 bits per heavy atom. The molecule has 1 aliphatic rings. The van der Waals surface area contributed by atoms with Crippen molar-refractivity contribution in [2.45, 2.75) is 51.8 Å². The molecular formula is C18H27BrO2. The highest BCUT2D eigenvalue weighted by atomic mass is 79.9. The molecule has 0 spiro atoms. The van der Waals surface area contributed by atoms with Gasteiger partial charge in [0.1, 0.15) is 0 Å². The highest BCUT2D eigenvalue weighted by Gasteiger charge is 2.20. The molecule has 0 bridgehead atoms. The van der Waals surface area contributed by atoms with E-state index >= 15 is 0 Å². The topological polar surface area (TPSA) is 18.5 Å². The molecule has 21 heavy (non-hydrogen) atoms. The van der Waals surface area contributed by atoms with Crippen LogP contribution in [0.25, 0.3) is 0 Å². The lowest BCUT2D eigenvalue weighted by atomic mass is 9.83. The van der Waals surface area contributed by atoms with E-state index in [1.807, 2.05) is 6.07 Å². The molecule has 0 saturated heterocycles. The third kappa shape index (κ3) is 5.21. The van der Waals surface area contributed by atoms with E-state index in [-0.39, 0.29) is 0 Å². The summed E-state index contributed by atoms with van der Waals surface area (Å²) in [6, 6.07) is 6.32. The van der Waals surface area contributed by atoms with Gasteiger partial charge in [0, 0.05) is 11.2 Å². The molecular weight excluding hydrogens is 328 g/mol. The molecule has 0 aromatic heterocycles. The van der Waals surface area contributed by atoms with Gasteiger partial charge >= 0.3 is 0 Å². The number of alkyl halides is 1. The first-order valence-electron chi connectivity index (χ1n) is 7.89. The van der Waals surface area contributed by atoms with Gasteiger partial charge in [0.25, 0.3) is 0 Å². The molecule has 0 amide bonds. The number of fused-ring (bicyclic) bond motifs is 1. The summed E-state index contributed by atoms with van der Waals surface area (Å²) < 4.78 is 11.5. The smallest absolute Gasteiger partial charge is 0.161 e. The molecule has 0 aliphatic carbocycles. The van der Waals surface area contributed by atoms with Crippen molar-refractivity contribution in [2.24, 2.45) is 11.3 Å². The van der Waals surface area contributed by atoms with E-state index in [0.29, 0.717) is 16.2 Å². The molecule has 1 aromatic carbocycles. The van der Waals surface area contributed by atoms with Crippen LogP contribution in [-0.4, -0.2) is 13.2 Å². The molecule has 0 saturated carbocycles. The van der Waals surface area contributed by atoms with Gasteiger partial charge in [-0.25, -0.2) is 0 Å². The minimum absolute atomic E-state index is 0.368. The zero-order valence-corrected chi connectivity index (χ0v) is 15.2. The lowest BCUT2D eigenvalue weighted by molar-refractivity contribution is 0.295. The quantitative estimate of drug-likeness (QED) is 0.641. The third-order valence-electron chi connectivity index (χ3n) is 3.70. The van der Waals surface area contributed by atoms with Gasteiger partial charge < -0.3 is 9.47 Å². The van der Waals surface area contributed by atoms with Crippen LogP contribution in [0, 0.1) is 11.3 Å². The van der Waals surface area contributed by atoms with Gasteiger partial charge in [-0.1, -0.05) is 49.7 Å². The van der Waals surface area contributed by atoms with Crippen molar-refractivity contribution in [3.05, 3.63) is 23.8 Å². The number of halogens is 1. The second-order valence-corrected chi connectivity index (χ2v) is 8.44. The maximum absolute atomic E-state index is 5.78. The fourth-order valence-electron chi connectivity index (χ4n) is 2.99. The Bertz CT molecular complexity index is 465. The summed E-state index contributed by atoms with van der Waals surface area (Å²) >= 11 is 3.85. The summed E-state index contributed by atoms with van der Waals surface area (Å²) in [5.41, 5.74) is 1.66. The highest BCUT2D eigenvalue weighted by molar-refractivity contribution is 9.09. The fraction of sp³-hybridized carbons (Fsp3) is 0.667. The summed E-state index contributed by atoms with van der Waals surface area (Å²) in [6.45, 7) is 10.7. The second-order valence-electron chi connectivity index (χ2n) is 7.33. The molecule has 2 nitrogen and oxygen atoms in total. The van der Waals surface area contributed by atoms with Crippen molar-refractivity contribution in [3.8, 4) is 11.5 Å². The van der Waals surface area contributed by atoms with Crippen LogP contribution in [0.4, 0.5) is 0 Å². The minimum Gasteiger partial charge on any atom is -0.490 e. The average molecular weight is 355 g/mol. The molecule has 118 valence electrons. The molecule has 1 aliphatic heterocycles. The van der Waals surface area contributed by atoms with Crippen LogP contribution in [0.15, 0.2) is 18.2 Å². The van der Waals surface area contributed by atoms with Crippen LogP contribution in [0.2, 0.25) is 0 Å². The summed E-state index contributed by atoms with van der Waals surface area (Å²) in [6.07, 6.45) is 3.32. The van der Waals surface area contributed by atoms with E-state index in [1.165, 1.54) is 12.0 Å². The Morgan fingerprint density at radius 1 is 1.14 bits per heavy atom. The SMILES string of the molecule is CC(CC(Br)c1ccc2c(c1)OCCCO2)CC(C)(C)C. The minimum atomic E-state index is 0.368. The Hall–Kier alpha value is -0.700. The van der Waals surface area contributed by atoms with E-state index in [2.05, 4.69) is 55.8 Å². The average Bonchev–Trinajstić information content (AvgIpc) is 2.60. The zero-order chi connectivity index (χ0) is 15.5. The molecule has 2 rings (SSSR count). The standard InChI is InChI=1S/C18H27BrO2/c1-13(12-18(2,3)4)10-15(19)14-6-7-16-17(11-14)21-9-5-8-20-16/h6-7,11,13,15H,5,8-10,12H2,1-4H3. The van der Waals surface area contributed by atoms with Gasteiger partial charge in [-0.2, -0.15) is 0 Å². The largest absolute Gasteiger partial charge is 0.490 e. The number of hydrogen-bond acceptors (Lipinski definition) is 2. The fourth-order valence-corrected chi connectivity index (χ4v) is 3.92. The van der Waals surface area contributed by atoms with Crippen molar-refractivity contribution in [2.75, 3.05) is 13.2 Å². The molecule has 0 N–H and O–H groups in total. The van der Waals surface area contributed by atoms with Gasteiger partial charge in [-0.15, -0.1) is 0 Å². The Morgan fingerprint density at radius 2 is 1.81 bits per heavy atom. The van der Waals surface area contributed by atoms with Crippen molar-refractivity contribution in [1.29, 1.82) is 0 Å². The Kier molecular flexibility index (Phi) is 5.59. The van der Waals surface area contributed by atoms with Gasteiger partial charge in [0.05, 0.1) is 13.2 Å². The monoisotopic (exact) mass is 354 g/mol. The first-order chi connectivity index (χ1) is 9.85. The number of ether oxygens (including phenoxy) is 2. The van der Waals surface area contributed by atoms with E-state index in [4.69, 9.17) is 9.47 Å². The number of rotatable bonds is 4. The Labute approximate surface area is 137 Å².